The number of nitrogens with zero attached hydrogens (tertiary/aromatic N) is 3. The molecular weight excluding hydrogens is 286 g/mol. The summed E-state index contributed by atoms with van der Waals surface area (Å²) < 4.78 is 0. The molecule has 23 heavy (non-hydrogen) atoms. The molecular formula is C18H15N5. The Morgan fingerprint density at radius 1 is 0.913 bits per heavy atom. The molecule has 0 aliphatic carbocycles. The molecule has 112 valence electrons. The second kappa shape index (κ2) is 5.88. The molecule has 0 atom stereocenters. The van der Waals surface area contributed by atoms with E-state index in [9.17, 15) is 0 Å². The predicted molar refractivity (Wildman–Crippen MR) is 90.9 cm³/mol. The van der Waals surface area contributed by atoms with E-state index < -0.39 is 0 Å². The molecule has 0 saturated carbocycles. The highest BCUT2D eigenvalue weighted by molar-refractivity contribution is 5.72. The Morgan fingerprint density at radius 2 is 1.83 bits per heavy atom. The molecule has 0 saturated heterocycles. The van der Waals surface area contributed by atoms with Crippen LogP contribution in [0.25, 0.3) is 22.4 Å². The molecule has 5 heteroatoms. The summed E-state index contributed by atoms with van der Waals surface area (Å²) in [5.74, 6) is 0.818. The van der Waals surface area contributed by atoms with E-state index in [1.165, 1.54) is 5.56 Å². The standard InChI is InChI=1S/C18H15N5/c1-2-10-19-15(3-1)14-6-4-13(5-7-14)11-20-17-9-8-16-18(23-17)22-12-21-16/h1-10,12H,11H2,(H2,20,21,22,23). The Kier molecular flexibility index (Phi) is 3.44. The molecule has 5 nitrogen and oxygen atoms in total. The predicted octanol–water partition coefficient (Wildman–Crippen LogP) is 3.63. The summed E-state index contributed by atoms with van der Waals surface area (Å²) >= 11 is 0. The molecule has 2 N–H and O–H groups in total. The van der Waals surface area contributed by atoms with Crippen molar-refractivity contribution >= 4 is 17.0 Å². The smallest absolute Gasteiger partial charge is 0.179 e. The van der Waals surface area contributed by atoms with Crippen LogP contribution in [0.3, 0.4) is 0 Å². The highest BCUT2D eigenvalue weighted by atomic mass is 15.0. The van der Waals surface area contributed by atoms with Crippen molar-refractivity contribution in [2.24, 2.45) is 0 Å². The van der Waals surface area contributed by atoms with Gasteiger partial charge in [-0.25, -0.2) is 9.97 Å². The third-order valence-electron chi connectivity index (χ3n) is 3.67. The summed E-state index contributed by atoms with van der Waals surface area (Å²) in [5, 5.41) is 3.32. The summed E-state index contributed by atoms with van der Waals surface area (Å²) in [7, 11) is 0. The molecule has 0 spiro atoms. The van der Waals surface area contributed by atoms with Gasteiger partial charge in [-0.1, -0.05) is 30.3 Å². The SMILES string of the molecule is c1ccc(-c2ccc(CNc3ccc4[nH]cnc4n3)cc2)nc1. The fraction of sp³-hybridized carbons (Fsp3) is 0.0556. The number of benzene rings is 1. The molecule has 4 rings (SSSR count). The number of rotatable bonds is 4. The third-order valence-corrected chi connectivity index (χ3v) is 3.67. The van der Waals surface area contributed by atoms with Crippen molar-refractivity contribution in [2.45, 2.75) is 6.54 Å². The van der Waals surface area contributed by atoms with Gasteiger partial charge in [0, 0.05) is 18.3 Å². The Labute approximate surface area is 133 Å². The second-order valence-corrected chi connectivity index (χ2v) is 5.24. The molecule has 0 amide bonds. The maximum atomic E-state index is 4.45. The lowest BCUT2D eigenvalue weighted by Gasteiger charge is -2.07. The minimum atomic E-state index is 0.714. The second-order valence-electron chi connectivity index (χ2n) is 5.24. The largest absolute Gasteiger partial charge is 0.366 e. The van der Waals surface area contributed by atoms with Crippen LogP contribution >= 0.6 is 0 Å². The zero-order chi connectivity index (χ0) is 15.5. The Hall–Kier alpha value is -3.21. The minimum absolute atomic E-state index is 0.714. The average Bonchev–Trinajstić information content (AvgIpc) is 3.09. The fourth-order valence-corrected chi connectivity index (χ4v) is 2.44. The number of anilines is 1. The third kappa shape index (κ3) is 2.89. The van der Waals surface area contributed by atoms with Crippen LogP contribution in [-0.2, 0) is 6.54 Å². The molecule has 0 aliphatic heterocycles. The van der Waals surface area contributed by atoms with Crippen molar-refractivity contribution in [1.29, 1.82) is 0 Å². The lowest BCUT2D eigenvalue weighted by atomic mass is 10.1. The monoisotopic (exact) mass is 301 g/mol. The van der Waals surface area contributed by atoms with Crippen molar-refractivity contribution in [3.05, 3.63) is 72.7 Å². The van der Waals surface area contributed by atoms with E-state index in [4.69, 9.17) is 0 Å². The molecule has 3 aromatic heterocycles. The normalized spacial score (nSPS) is 10.8. The van der Waals surface area contributed by atoms with Crippen LogP contribution in [0.5, 0.6) is 0 Å². The molecule has 0 radical (unpaired) electrons. The molecule has 0 unspecified atom stereocenters. The summed E-state index contributed by atoms with van der Waals surface area (Å²) in [6, 6.07) is 18.2. The lowest BCUT2D eigenvalue weighted by molar-refractivity contribution is 1.12. The van der Waals surface area contributed by atoms with Crippen LogP contribution in [0, 0.1) is 0 Å². The van der Waals surface area contributed by atoms with Crippen LogP contribution in [0.1, 0.15) is 5.56 Å². The molecule has 1 aromatic carbocycles. The number of fused-ring (bicyclic) bond motifs is 1. The highest BCUT2D eigenvalue weighted by Crippen LogP contribution is 2.17. The first-order valence-corrected chi connectivity index (χ1v) is 7.43. The number of hydrogen-bond donors (Lipinski definition) is 2. The van der Waals surface area contributed by atoms with Gasteiger partial charge in [0.05, 0.1) is 17.5 Å². The zero-order valence-corrected chi connectivity index (χ0v) is 12.4. The number of nitrogens with one attached hydrogen (secondary N) is 2. The van der Waals surface area contributed by atoms with Crippen LogP contribution in [0.2, 0.25) is 0 Å². The fourth-order valence-electron chi connectivity index (χ4n) is 2.44. The Balaban J connectivity index is 1.46. The number of pyridine rings is 2. The van der Waals surface area contributed by atoms with Gasteiger partial charge in [-0.3, -0.25) is 4.98 Å². The van der Waals surface area contributed by atoms with Gasteiger partial charge in [-0.2, -0.15) is 0 Å². The first-order valence-electron chi connectivity index (χ1n) is 7.43. The van der Waals surface area contributed by atoms with Crippen LogP contribution in [0.4, 0.5) is 5.82 Å². The average molecular weight is 301 g/mol. The van der Waals surface area contributed by atoms with Gasteiger partial charge in [-0.15, -0.1) is 0 Å². The maximum absolute atomic E-state index is 4.45. The lowest BCUT2D eigenvalue weighted by Crippen LogP contribution is -2.01. The topological polar surface area (TPSA) is 66.5 Å². The molecule has 0 fully saturated rings. The molecule has 3 heterocycles. The number of H-pyrrole nitrogens is 1. The van der Waals surface area contributed by atoms with E-state index in [0.717, 1.165) is 28.2 Å². The number of hydrogen-bond acceptors (Lipinski definition) is 4. The van der Waals surface area contributed by atoms with Crippen molar-refractivity contribution in [3.8, 4) is 11.3 Å². The van der Waals surface area contributed by atoms with Crippen molar-refractivity contribution in [2.75, 3.05) is 5.32 Å². The highest BCUT2D eigenvalue weighted by Gasteiger charge is 2.01. The van der Waals surface area contributed by atoms with Crippen molar-refractivity contribution in [3.63, 3.8) is 0 Å². The molecule has 0 aliphatic rings. The van der Waals surface area contributed by atoms with E-state index in [2.05, 4.69) is 49.5 Å². The van der Waals surface area contributed by atoms with E-state index in [-0.39, 0.29) is 0 Å². The van der Waals surface area contributed by atoms with Gasteiger partial charge in [-0.05, 0) is 29.8 Å². The Morgan fingerprint density at radius 3 is 2.65 bits per heavy atom. The van der Waals surface area contributed by atoms with E-state index in [1.807, 2.05) is 36.5 Å². The van der Waals surface area contributed by atoms with E-state index in [1.54, 1.807) is 6.33 Å². The van der Waals surface area contributed by atoms with Crippen molar-refractivity contribution < 1.29 is 0 Å². The molecule has 4 aromatic rings. The van der Waals surface area contributed by atoms with Crippen LogP contribution < -0.4 is 5.32 Å². The van der Waals surface area contributed by atoms with Crippen LogP contribution in [0.15, 0.2) is 67.1 Å². The minimum Gasteiger partial charge on any atom is -0.366 e. The van der Waals surface area contributed by atoms with E-state index in [0.29, 0.717) is 6.54 Å². The summed E-state index contributed by atoms with van der Waals surface area (Å²) in [6.07, 6.45) is 3.46. The van der Waals surface area contributed by atoms with E-state index >= 15 is 0 Å². The maximum Gasteiger partial charge on any atom is 0.179 e. The van der Waals surface area contributed by atoms with Gasteiger partial charge < -0.3 is 10.3 Å². The van der Waals surface area contributed by atoms with Gasteiger partial charge in [0.1, 0.15) is 5.82 Å². The number of aromatic amines is 1. The van der Waals surface area contributed by atoms with Gasteiger partial charge in [0.25, 0.3) is 0 Å². The first kappa shape index (κ1) is 13.5. The number of aromatic nitrogens is 4. The first-order chi connectivity index (χ1) is 11.4. The quantitative estimate of drug-likeness (QED) is 0.604. The summed E-state index contributed by atoms with van der Waals surface area (Å²) in [5.41, 5.74) is 4.95. The van der Waals surface area contributed by atoms with Gasteiger partial charge >= 0.3 is 0 Å². The molecule has 0 bridgehead atoms. The van der Waals surface area contributed by atoms with Crippen LogP contribution in [-0.4, -0.2) is 19.9 Å². The number of imidazole rings is 1. The van der Waals surface area contributed by atoms with Crippen molar-refractivity contribution in [1.82, 2.24) is 19.9 Å². The summed E-state index contributed by atoms with van der Waals surface area (Å²) in [6.45, 7) is 0.714. The van der Waals surface area contributed by atoms with Gasteiger partial charge in [0.15, 0.2) is 5.65 Å². The van der Waals surface area contributed by atoms with Gasteiger partial charge in [0.2, 0.25) is 0 Å². The Bertz CT molecular complexity index is 913. The summed E-state index contributed by atoms with van der Waals surface area (Å²) in [4.78, 5) is 16.0. The zero-order valence-electron chi connectivity index (χ0n) is 12.4.